The van der Waals surface area contributed by atoms with Gasteiger partial charge < -0.3 is 10.2 Å². The van der Waals surface area contributed by atoms with Gasteiger partial charge in [-0.05, 0) is 37.1 Å². The Labute approximate surface area is 112 Å². The monoisotopic (exact) mass is 283 g/mol. The van der Waals surface area contributed by atoms with Crippen LogP contribution in [0, 0.1) is 0 Å². The van der Waals surface area contributed by atoms with Crippen molar-refractivity contribution in [1.29, 1.82) is 0 Å². The minimum absolute atomic E-state index is 0.289. The molecule has 0 atom stereocenters. The van der Waals surface area contributed by atoms with E-state index in [2.05, 4.69) is 15.1 Å². The lowest BCUT2D eigenvalue weighted by atomic mass is 10.1. The molecule has 3 N–H and O–H groups in total. The molecule has 1 aromatic carbocycles. The molecule has 7 heteroatoms. The topological polar surface area (TPSA) is 60.2 Å². The fourth-order valence-corrected chi connectivity index (χ4v) is 2.13. The van der Waals surface area contributed by atoms with E-state index in [-0.39, 0.29) is 5.75 Å². The lowest BCUT2D eigenvalue weighted by molar-refractivity contribution is -0.274. The van der Waals surface area contributed by atoms with Crippen LogP contribution in [0.3, 0.4) is 0 Å². The van der Waals surface area contributed by atoms with Gasteiger partial charge in [-0.15, -0.1) is 13.2 Å². The summed E-state index contributed by atoms with van der Waals surface area (Å²) in [4.78, 5) is 4.45. The van der Waals surface area contributed by atoms with Crippen molar-refractivity contribution in [1.82, 2.24) is 4.98 Å². The fraction of sp³-hybridized carbons (Fsp3) is 0.308. The second-order valence-corrected chi connectivity index (χ2v) is 4.74. The minimum Gasteiger partial charge on any atom is -0.406 e. The number of nitrogens with two attached hydrogens (primary N) is 1. The Morgan fingerprint density at radius 3 is 2.60 bits per heavy atom. The van der Waals surface area contributed by atoms with E-state index in [0.29, 0.717) is 22.5 Å². The number of nitrogens with zero attached hydrogens (tertiary/aromatic N) is 1. The molecule has 1 heterocycles. The van der Waals surface area contributed by atoms with Gasteiger partial charge in [0.05, 0.1) is 11.2 Å². The number of halogens is 3. The number of hydrogen-bond donors (Lipinski definition) is 2. The SMILES string of the molecule is NNc1cc(C2CC2)nc2ccc(OC(F)(F)F)cc12. The molecule has 1 saturated carbocycles. The smallest absolute Gasteiger partial charge is 0.406 e. The zero-order chi connectivity index (χ0) is 14.3. The Kier molecular flexibility index (Phi) is 2.93. The minimum atomic E-state index is -4.72. The molecular formula is C13H12F3N3O. The summed E-state index contributed by atoms with van der Waals surface area (Å²) in [6, 6.07) is 5.81. The van der Waals surface area contributed by atoms with Gasteiger partial charge in [-0.1, -0.05) is 0 Å². The van der Waals surface area contributed by atoms with Gasteiger partial charge in [0.2, 0.25) is 0 Å². The third-order valence-corrected chi connectivity index (χ3v) is 3.18. The molecule has 0 saturated heterocycles. The number of alkyl halides is 3. The zero-order valence-corrected chi connectivity index (χ0v) is 10.4. The molecule has 0 aliphatic heterocycles. The van der Waals surface area contributed by atoms with Crippen molar-refractivity contribution in [2.45, 2.75) is 25.1 Å². The molecule has 0 unspecified atom stereocenters. The maximum absolute atomic E-state index is 12.2. The molecule has 4 nitrogen and oxygen atoms in total. The lowest BCUT2D eigenvalue weighted by Crippen LogP contribution is -2.17. The Morgan fingerprint density at radius 2 is 2.00 bits per heavy atom. The highest BCUT2D eigenvalue weighted by atomic mass is 19.4. The van der Waals surface area contributed by atoms with E-state index >= 15 is 0 Å². The van der Waals surface area contributed by atoms with Crippen LogP contribution in [0.5, 0.6) is 5.75 Å². The van der Waals surface area contributed by atoms with Gasteiger partial charge in [-0.3, -0.25) is 10.8 Å². The quantitative estimate of drug-likeness (QED) is 0.670. The second-order valence-electron chi connectivity index (χ2n) is 4.74. The molecule has 3 rings (SSSR count). The number of nitrogens with one attached hydrogen (secondary N) is 1. The van der Waals surface area contributed by atoms with Crippen LogP contribution in [0.4, 0.5) is 18.9 Å². The summed E-state index contributed by atoms with van der Waals surface area (Å²) < 4.78 is 40.6. The average Bonchev–Trinajstić information content (AvgIpc) is 3.20. The van der Waals surface area contributed by atoms with Crippen LogP contribution in [0.2, 0.25) is 0 Å². The van der Waals surface area contributed by atoms with Gasteiger partial charge in [0.15, 0.2) is 0 Å². The number of rotatable bonds is 3. The highest BCUT2D eigenvalue weighted by Crippen LogP contribution is 2.41. The molecule has 0 radical (unpaired) electrons. The average molecular weight is 283 g/mol. The zero-order valence-electron chi connectivity index (χ0n) is 10.4. The van der Waals surface area contributed by atoms with Crippen molar-refractivity contribution in [3.63, 3.8) is 0 Å². The number of pyridine rings is 1. The number of benzene rings is 1. The van der Waals surface area contributed by atoms with Crippen LogP contribution in [-0.4, -0.2) is 11.3 Å². The van der Waals surface area contributed by atoms with Crippen LogP contribution < -0.4 is 16.0 Å². The van der Waals surface area contributed by atoms with Crippen molar-refractivity contribution >= 4 is 16.6 Å². The van der Waals surface area contributed by atoms with Crippen molar-refractivity contribution < 1.29 is 17.9 Å². The van der Waals surface area contributed by atoms with Crippen molar-refractivity contribution in [2.75, 3.05) is 5.43 Å². The van der Waals surface area contributed by atoms with Gasteiger partial charge in [0.25, 0.3) is 0 Å². The number of aromatic nitrogens is 1. The number of hydrazine groups is 1. The largest absolute Gasteiger partial charge is 0.573 e. The van der Waals surface area contributed by atoms with E-state index in [1.807, 2.05) is 0 Å². The Balaban J connectivity index is 2.06. The molecule has 1 aliphatic rings. The maximum atomic E-state index is 12.2. The first kappa shape index (κ1) is 13.0. The van der Waals surface area contributed by atoms with Gasteiger partial charge in [-0.2, -0.15) is 0 Å². The predicted octanol–water partition coefficient (Wildman–Crippen LogP) is 3.30. The van der Waals surface area contributed by atoms with Crippen molar-refractivity contribution in [3.8, 4) is 5.75 Å². The summed E-state index contributed by atoms with van der Waals surface area (Å²) in [6.07, 6.45) is -2.55. The second kappa shape index (κ2) is 4.52. The fourth-order valence-electron chi connectivity index (χ4n) is 2.13. The summed E-state index contributed by atoms with van der Waals surface area (Å²) in [5.41, 5.74) is 4.56. The van der Waals surface area contributed by atoms with E-state index in [4.69, 9.17) is 5.84 Å². The Bertz CT molecular complexity index is 653. The van der Waals surface area contributed by atoms with Crippen LogP contribution in [-0.2, 0) is 0 Å². The Morgan fingerprint density at radius 1 is 1.25 bits per heavy atom. The summed E-state index contributed by atoms with van der Waals surface area (Å²) in [5.74, 6) is 5.58. The van der Waals surface area contributed by atoms with Gasteiger partial charge in [-0.25, -0.2) is 0 Å². The van der Waals surface area contributed by atoms with E-state index in [1.165, 1.54) is 18.2 Å². The number of ether oxygens (including phenoxy) is 1. The van der Waals surface area contributed by atoms with Crippen LogP contribution in [0.15, 0.2) is 24.3 Å². The van der Waals surface area contributed by atoms with E-state index in [1.54, 1.807) is 6.07 Å². The highest BCUT2D eigenvalue weighted by Gasteiger charge is 2.31. The molecule has 0 bridgehead atoms. The molecule has 1 aliphatic carbocycles. The molecule has 106 valence electrons. The summed E-state index contributed by atoms with van der Waals surface area (Å²) in [6.45, 7) is 0. The maximum Gasteiger partial charge on any atom is 0.573 e. The summed E-state index contributed by atoms with van der Waals surface area (Å²) >= 11 is 0. The Hall–Kier alpha value is -2.02. The van der Waals surface area contributed by atoms with E-state index in [9.17, 15) is 13.2 Å². The first-order valence-corrected chi connectivity index (χ1v) is 6.13. The van der Waals surface area contributed by atoms with Crippen LogP contribution >= 0.6 is 0 Å². The molecule has 2 aromatic rings. The standard InChI is InChI=1S/C13H12F3N3O/c14-13(15,16)20-8-3-4-10-9(5-8)12(19-17)6-11(18-10)7-1-2-7/h3-7H,1-2,17H2,(H,18,19). The van der Waals surface area contributed by atoms with Crippen molar-refractivity contribution in [3.05, 3.63) is 30.0 Å². The molecular weight excluding hydrogens is 271 g/mol. The lowest BCUT2D eigenvalue weighted by Gasteiger charge is -2.12. The third-order valence-electron chi connectivity index (χ3n) is 3.18. The predicted molar refractivity (Wildman–Crippen MR) is 68.2 cm³/mol. The number of anilines is 1. The molecule has 1 aromatic heterocycles. The molecule has 20 heavy (non-hydrogen) atoms. The van der Waals surface area contributed by atoms with E-state index in [0.717, 1.165) is 18.5 Å². The van der Waals surface area contributed by atoms with Gasteiger partial charge in [0, 0.05) is 17.0 Å². The number of fused-ring (bicyclic) bond motifs is 1. The third kappa shape index (κ3) is 2.62. The first-order valence-electron chi connectivity index (χ1n) is 6.13. The summed E-state index contributed by atoms with van der Waals surface area (Å²) in [5, 5.41) is 0.499. The normalized spacial score (nSPS) is 15.4. The van der Waals surface area contributed by atoms with Crippen molar-refractivity contribution in [2.24, 2.45) is 5.84 Å². The first-order chi connectivity index (χ1) is 9.46. The van der Waals surface area contributed by atoms with E-state index < -0.39 is 6.36 Å². The number of nitrogen functional groups attached to an aromatic ring is 1. The van der Waals surface area contributed by atoms with Crippen LogP contribution in [0.1, 0.15) is 24.5 Å². The van der Waals surface area contributed by atoms with Crippen LogP contribution in [0.25, 0.3) is 10.9 Å². The molecule has 0 amide bonds. The highest BCUT2D eigenvalue weighted by molar-refractivity contribution is 5.92. The van der Waals surface area contributed by atoms with Gasteiger partial charge >= 0.3 is 6.36 Å². The van der Waals surface area contributed by atoms with Gasteiger partial charge in [0.1, 0.15) is 5.75 Å². The number of hydrogen-bond acceptors (Lipinski definition) is 4. The summed E-state index contributed by atoms with van der Waals surface area (Å²) in [7, 11) is 0. The molecule has 0 spiro atoms. The molecule has 1 fully saturated rings.